The molecule has 88 valence electrons. The maximum Gasteiger partial charge on any atom is 0.459 e. The molecule has 1 fully saturated rings. The van der Waals surface area contributed by atoms with E-state index in [0.717, 1.165) is 37.7 Å². The molecule has 1 aliphatic heterocycles. The Labute approximate surface area is 99.9 Å². The molecule has 0 aromatic carbocycles. The van der Waals surface area contributed by atoms with Crippen LogP contribution in [-0.2, 0) is 0 Å². The number of piperidine rings is 1. The molecule has 0 unspecified atom stereocenters. The summed E-state index contributed by atoms with van der Waals surface area (Å²) >= 11 is 0. The van der Waals surface area contributed by atoms with Crippen LogP contribution in [0.3, 0.4) is 0 Å². The van der Waals surface area contributed by atoms with E-state index in [-0.39, 0.29) is 0 Å². The third-order valence-corrected chi connectivity index (χ3v) is 3.16. The summed E-state index contributed by atoms with van der Waals surface area (Å²) in [4.78, 5) is 4.57. The van der Waals surface area contributed by atoms with Crippen molar-refractivity contribution in [3.63, 3.8) is 0 Å². The van der Waals surface area contributed by atoms with Crippen LogP contribution in [0.25, 0.3) is 5.95 Å². The number of aromatic amines is 1. The smallest absolute Gasteiger partial charge is 0.317 e. The molecular formula is C12H16N5+. The standard InChI is InChI=1S/C12H16N5/c1-2-8-17(9-3-1)12-14-11(15-16-12)10-4-6-13-7-5-10/h1-3,8-10,13H,4-7H2,(H,14,15,16)/q+1. The highest BCUT2D eigenvalue weighted by molar-refractivity contribution is 5.03. The Morgan fingerprint density at radius 3 is 2.65 bits per heavy atom. The summed E-state index contributed by atoms with van der Waals surface area (Å²) in [6, 6.07) is 5.93. The molecule has 0 amide bonds. The van der Waals surface area contributed by atoms with Gasteiger partial charge in [-0.2, -0.15) is 5.10 Å². The first-order valence-electron chi connectivity index (χ1n) is 6.03. The molecule has 5 heteroatoms. The largest absolute Gasteiger partial charge is 0.459 e. The molecular weight excluding hydrogens is 214 g/mol. The number of aromatic nitrogens is 4. The molecule has 0 radical (unpaired) electrons. The fourth-order valence-electron chi connectivity index (χ4n) is 2.19. The number of nitrogens with one attached hydrogen (secondary N) is 2. The lowest BCUT2D eigenvalue weighted by Gasteiger charge is -2.18. The Morgan fingerprint density at radius 1 is 1.12 bits per heavy atom. The van der Waals surface area contributed by atoms with Gasteiger partial charge >= 0.3 is 5.95 Å². The van der Waals surface area contributed by atoms with Gasteiger partial charge in [-0.3, -0.25) is 0 Å². The molecule has 17 heavy (non-hydrogen) atoms. The lowest BCUT2D eigenvalue weighted by molar-refractivity contribution is -0.603. The van der Waals surface area contributed by atoms with Crippen molar-refractivity contribution >= 4 is 0 Å². The van der Waals surface area contributed by atoms with Crippen LogP contribution >= 0.6 is 0 Å². The van der Waals surface area contributed by atoms with Gasteiger partial charge < -0.3 is 5.32 Å². The molecule has 0 bridgehead atoms. The van der Waals surface area contributed by atoms with Crippen molar-refractivity contribution in [2.75, 3.05) is 13.1 Å². The fourth-order valence-corrected chi connectivity index (χ4v) is 2.19. The minimum absolute atomic E-state index is 0.516. The molecule has 1 aliphatic rings. The second-order valence-electron chi connectivity index (χ2n) is 4.33. The number of pyridine rings is 1. The summed E-state index contributed by atoms with van der Waals surface area (Å²) in [5.41, 5.74) is 0. The van der Waals surface area contributed by atoms with Gasteiger partial charge in [-0.1, -0.05) is 6.07 Å². The predicted molar refractivity (Wildman–Crippen MR) is 62.8 cm³/mol. The van der Waals surface area contributed by atoms with E-state index in [1.165, 1.54) is 0 Å². The van der Waals surface area contributed by atoms with Crippen LogP contribution in [0.1, 0.15) is 24.6 Å². The second-order valence-corrected chi connectivity index (χ2v) is 4.33. The first kappa shape index (κ1) is 10.4. The Hall–Kier alpha value is -1.75. The van der Waals surface area contributed by atoms with Crippen molar-refractivity contribution in [2.45, 2.75) is 18.8 Å². The number of hydrogen-bond donors (Lipinski definition) is 2. The second kappa shape index (κ2) is 4.63. The zero-order valence-corrected chi connectivity index (χ0v) is 9.63. The maximum atomic E-state index is 4.57. The van der Waals surface area contributed by atoms with Crippen LogP contribution in [0, 0.1) is 0 Å². The zero-order valence-electron chi connectivity index (χ0n) is 9.63. The van der Waals surface area contributed by atoms with Gasteiger partial charge in [0.2, 0.25) is 5.82 Å². The monoisotopic (exact) mass is 230 g/mol. The van der Waals surface area contributed by atoms with E-state index in [1.54, 1.807) is 0 Å². The van der Waals surface area contributed by atoms with Crippen LogP contribution in [0.4, 0.5) is 0 Å². The fraction of sp³-hybridized carbons (Fsp3) is 0.417. The molecule has 0 atom stereocenters. The average molecular weight is 230 g/mol. The molecule has 2 N–H and O–H groups in total. The van der Waals surface area contributed by atoms with Gasteiger partial charge in [0.05, 0.1) is 12.4 Å². The van der Waals surface area contributed by atoms with Crippen molar-refractivity contribution in [1.29, 1.82) is 0 Å². The molecule has 0 saturated carbocycles. The minimum Gasteiger partial charge on any atom is -0.317 e. The molecule has 3 heterocycles. The third kappa shape index (κ3) is 2.19. The molecule has 2 aromatic rings. The van der Waals surface area contributed by atoms with Crippen LogP contribution in [0.2, 0.25) is 0 Å². The number of hydrogen-bond acceptors (Lipinski definition) is 3. The van der Waals surface area contributed by atoms with Crippen LogP contribution in [0.15, 0.2) is 30.6 Å². The first-order valence-corrected chi connectivity index (χ1v) is 6.03. The SMILES string of the molecule is c1cc[n+](-c2n[nH]c(C3CCNCC3)n2)cc1. The Bertz CT molecular complexity index is 473. The van der Waals surface area contributed by atoms with E-state index in [1.807, 2.05) is 35.2 Å². The summed E-state index contributed by atoms with van der Waals surface area (Å²) in [7, 11) is 0. The van der Waals surface area contributed by atoms with E-state index in [2.05, 4.69) is 20.5 Å². The lowest BCUT2D eigenvalue weighted by Crippen LogP contribution is -2.31. The van der Waals surface area contributed by atoms with Gasteiger partial charge in [0, 0.05) is 11.0 Å². The maximum absolute atomic E-state index is 4.57. The topological polar surface area (TPSA) is 57.5 Å². The van der Waals surface area contributed by atoms with Gasteiger partial charge in [-0.05, 0) is 43.0 Å². The lowest BCUT2D eigenvalue weighted by atomic mass is 9.98. The Kier molecular flexibility index (Phi) is 2.83. The van der Waals surface area contributed by atoms with Crippen molar-refractivity contribution in [3.05, 3.63) is 36.4 Å². The van der Waals surface area contributed by atoms with E-state index in [4.69, 9.17) is 0 Å². The first-order chi connectivity index (χ1) is 8.43. The Balaban J connectivity index is 1.83. The molecule has 0 spiro atoms. The summed E-state index contributed by atoms with van der Waals surface area (Å²) in [6.45, 7) is 2.14. The molecule has 3 rings (SSSR count). The van der Waals surface area contributed by atoms with Crippen molar-refractivity contribution < 1.29 is 4.57 Å². The summed E-state index contributed by atoms with van der Waals surface area (Å²) in [5.74, 6) is 2.25. The number of nitrogens with zero attached hydrogens (tertiary/aromatic N) is 3. The Morgan fingerprint density at radius 2 is 1.88 bits per heavy atom. The molecule has 2 aromatic heterocycles. The van der Waals surface area contributed by atoms with Gasteiger partial charge in [0.1, 0.15) is 0 Å². The van der Waals surface area contributed by atoms with Crippen molar-refractivity contribution in [1.82, 2.24) is 20.5 Å². The van der Waals surface area contributed by atoms with Crippen molar-refractivity contribution in [2.24, 2.45) is 0 Å². The predicted octanol–water partition coefficient (Wildman–Crippen LogP) is 0.548. The van der Waals surface area contributed by atoms with E-state index in [0.29, 0.717) is 5.92 Å². The highest BCUT2D eigenvalue weighted by Crippen LogP contribution is 2.21. The summed E-state index contributed by atoms with van der Waals surface area (Å²) in [5, 5.41) is 10.7. The number of rotatable bonds is 2. The van der Waals surface area contributed by atoms with Crippen LogP contribution in [-0.4, -0.2) is 28.3 Å². The molecule has 0 aliphatic carbocycles. The van der Waals surface area contributed by atoms with Gasteiger partial charge in [-0.15, -0.1) is 0 Å². The molecule has 5 nitrogen and oxygen atoms in total. The van der Waals surface area contributed by atoms with Crippen LogP contribution in [0.5, 0.6) is 0 Å². The van der Waals surface area contributed by atoms with Gasteiger partial charge in [-0.25, -0.2) is 4.57 Å². The highest BCUT2D eigenvalue weighted by Gasteiger charge is 2.24. The van der Waals surface area contributed by atoms with Gasteiger partial charge in [0.15, 0.2) is 0 Å². The zero-order chi connectivity index (χ0) is 11.5. The quantitative estimate of drug-likeness (QED) is 0.741. The third-order valence-electron chi connectivity index (χ3n) is 3.16. The van der Waals surface area contributed by atoms with E-state index < -0.39 is 0 Å². The highest BCUT2D eigenvalue weighted by atomic mass is 15.3. The summed E-state index contributed by atoms with van der Waals surface area (Å²) in [6.07, 6.45) is 6.17. The molecule has 1 saturated heterocycles. The normalized spacial score (nSPS) is 17.2. The van der Waals surface area contributed by atoms with E-state index in [9.17, 15) is 0 Å². The van der Waals surface area contributed by atoms with E-state index >= 15 is 0 Å². The number of H-pyrrole nitrogens is 1. The summed E-state index contributed by atoms with van der Waals surface area (Å²) < 4.78 is 1.92. The van der Waals surface area contributed by atoms with Gasteiger partial charge in [0.25, 0.3) is 0 Å². The minimum atomic E-state index is 0.516. The van der Waals surface area contributed by atoms with Crippen LogP contribution < -0.4 is 9.88 Å². The average Bonchev–Trinajstić information content (AvgIpc) is 2.90. The van der Waals surface area contributed by atoms with Crippen molar-refractivity contribution in [3.8, 4) is 5.95 Å².